The van der Waals surface area contributed by atoms with E-state index in [2.05, 4.69) is 20.2 Å². The number of para-hydroxylation sites is 2. The van der Waals surface area contributed by atoms with Crippen LogP contribution in [0.5, 0.6) is 0 Å². The van der Waals surface area contributed by atoms with Crippen molar-refractivity contribution in [3.05, 3.63) is 58.3 Å². The number of H-pyrrole nitrogens is 2. The Labute approximate surface area is 137 Å². The van der Waals surface area contributed by atoms with Gasteiger partial charge in [0.05, 0.1) is 11.0 Å². The lowest BCUT2D eigenvalue weighted by atomic mass is 9.96. The average molecular weight is 323 g/mol. The summed E-state index contributed by atoms with van der Waals surface area (Å²) in [5.74, 6) is 1.17. The lowest BCUT2D eigenvalue weighted by Crippen LogP contribution is -2.38. The maximum Gasteiger partial charge on any atom is 0.274 e. The van der Waals surface area contributed by atoms with Crippen molar-refractivity contribution in [2.45, 2.75) is 18.8 Å². The zero-order chi connectivity index (χ0) is 16.5. The van der Waals surface area contributed by atoms with Gasteiger partial charge >= 0.3 is 0 Å². The Hall–Kier alpha value is -2.96. The molecule has 2 aromatic heterocycles. The summed E-state index contributed by atoms with van der Waals surface area (Å²) < 4.78 is 0. The Morgan fingerprint density at radius 3 is 2.62 bits per heavy atom. The number of imidazole rings is 1. The molecule has 0 unspecified atom stereocenters. The number of nitrogens with zero attached hydrogens (tertiary/aromatic N) is 3. The number of aromatic nitrogens is 4. The van der Waals surface area contributed by atoms with Crippen LogP contribution in [-0.2, 0) is 0 Å². The Balaban J connectivity index is 1.45. The second-order valence-electron chi connectivity index (χ2n) is 6.01. The number of fused-ring (bicyclic) bond motifs is 1. The summed E-state index contributed by atoms with van der Waals surface area (Å²) in [5.41, 5.74) is 1.99. The van der Waals surface area contributed by atoms with Gasteiger partial charge in [-0.15, -0.1) is 0 Å². The van der Waals surface area contributed by atoms with Crippen LogP contribution in [0.25, 0.3) is 11.0 Å². The quantitative estimate of drug-likeness (QED) is 0.750. The molecule has 0 saturated carbocycles. The molecule has 24 heavy (non-hydrogen) atoms. The van der Waals surface area contributed by atoms with Crippen LogP contribution in [-0.4, -0.2) is 44.1 Å². The summed E-state index contributed by atoms with van der Waals surface area (Å²) in [5, 5.41) is 6.11. The molecule has 3 heterocycles. The van der Waals surface area contributed by atoms with E-state index in [1.807, 2.05) is 24.3 Å². The number of carbonyl (C=O) groups is 1. The fraction of sp³-hybridized carbons (Fsp3) is 0.294. The van der Waals surface area contributed by atoms with Crippen LogP contribution in [0.2, 0.25) is 0 Å². The van der Waals surface area contributed by atoms with Gasteiger partial charge in [-0.25, -0.2) is 10.1 Å². The maximum atomic E-state index is 12.4. The summed E-state index contributed by atoms with van der Waals surface area (Å²) >= 11 is 0. The van der Waals surface area contributed by atoms with E-state index in [-0.39, 0.29) is 17.2 Å². The van der Waals surface area contributed by atoms with Crippen LogP contribution in [0.1, 0.15) is 35.1 Å². The highest BCUT2D eigenvalue weighted by atomic mass is 16.2. The first-order chi connectivity index (χ1) is 11.7. The number of rotatable bonds is 2. The van der Waals surface area contributed by atoms with Crippen LogP contribution >= 0.6 is 0 Å². The van der Waals surface area contributed by atoms with Crippen LogP contribution < -0.4 is 5.56 Å². The number of aromatic amines is 2. The van der Waals surface area contributed by atoms with E-state index >= 15 is 0 Å². The number of amides is 1. The second kappa shape index (κ2) is 5.92. The molecule has 1 aliphatic rings. The summed E-state index contributed by atoms with van der Waals surface area (Å²) in [7, 11) is 0. The van der Waals surface area contributed by atoms with Crippen molar-refractivity contribution in [3.8, 4) is 0 Å². The Bertz CT molecular complexity index is 884. The highest BCUT2D eigenvalue weighted by molar-refractivity contribution is 5.92. The molecule has 1 aromatic carbocycles. The second-order valence-corrected chi connectivity index (χ2v) is 6.01. The first kappa shape index (κ1) is 14.6. The van der Waals surface area contributed by atoms with Crippen molar-refractivity contribution >= 4 is 16.9 Å². The number of piperidine rings is 1. The number of likely N-dealkylation sites (tertiary alicyclic amines) is 1. The molecule has 1 fully saturated rings. The minimum atomic E-state index is -0.310. The normalized spacial score (nSPS) is 15.8. The van der Waals surface area contributed by atoms with Crippen molar-refractivity contribution in [3.63, 3.8) is 0 Å². The Kier molecular flexibility index (Phi) is 3.60. The smallest absolute Gasteiger partial charge is 0.274 e. The van der Waals surface area contributed by atoms with E-state index in [0.717, 1.165) is 29.7 Å². The van der Waals surface area contributed by atoms with Crippen LogP contribution in [0, 0.1) is 0 Å². The fourth-order valence-corrected chi connectivity index (χ4v) is 3.15. The molecule has 2 N–H and O–H groups in total. The van der Waals surface area contributed by atoms with Crippen LogP contribution in [0.4, 0.5) is 0 Å². The van der Waals surface area contributed by atoms with E-state index in [1.165, 1.54) is 12.1 Å². The van der Waals surface area contributed by atoms with Crippen molar-refractivity contribution in [1.82, 2.24) is 25.1 Å². The predicted octanol–water partition coefficient (Wildman–Crippen LogP) is 1.67. The lowest BCUT2D eigenvalue weighted by molar-refractivity contribution is 0.0704. The molecule has 3 aromatic rings. The van der Waals surface area contributed by atoms with E-state index in [0.29, 0.717) is 19.0 Å². The fourth-order valence-electron chi connectivity index (χ4n) is 3.15. The molecule has 1 amide bonds. The summed E-state index contributed by atoms with van der Waals surface area (Å²) in [6.07, 6.45) is 1.71. The first-order valence-corrected chi connectivity index (χ1v) is 8.00. The number of hydrogen-bond donors (Lipinski definition) is 2. The van der Waals surface area contributed by atoms with Crippen molar-refractivity contribution in [1.29, 1.82) is 0 Å². The summed E-state index contributed by atoms with van der Waals surface area (Å²) in [4.78, 5) is 33.3. The van der Waals surface area contributed by atoms with Crippen molar-refractivity contribution in [2.75, 3.05) is 13.1 Å². The van der Waals surface area contributed by atoms with E-state index in [9.17, 15) is 9.59 Å². The Morgan fingerprint density at radius 2 is 1.92 bits per heavy atom. The van der Waals surface area contributed by atoms with Crippen molar-refractivity contribution in [2.24, 2.45) is 0 Å². The van der Waals surface area contributed by atoms with Gasteiger partial charge in [-0.1, -0.05) is 12.1 Å². The lowest BCUT2D eigenvalue weighted by Gasteiger charge is -2.30. The molecule has 0 aliphatic carbocycles. The third kappa shape index (κ3) is 2.68. The highest BCUT2D eigenvalue weighted by Crippen LogP contribution is 2.28. The minimum absolute atomic E-state index is 0.144. The van der Waals surface area contributed by atoms with Gasteiger partial charge in [0.25, 0.3) is 11.5 Å². The SMILES string of the molecule is O=C(c1ccc(=O)[nH]n1)N1CCC(c2nc3ccccc3[nH]2)CC1. The number of carbonyl (C=O) groups excluding carboxylic acids is 1. The molecule has 4 rings (SSSR count). The minimum Gasteiger partial charge on any atom is -0.342 e. The molecular weight excluding hydrogens is 306 g/mol. The zero-order valence-corrected chi connectivity index (χ0v) is 13.0. The zero-order valence-electron chi connectivity index (χ0n) is 13.0. The maximum absolute atomic E-state index is 12.4. The molecule has 0 bridgehead atoms. The van der Waals surface area contributed by atoms with Gasteiger partial charge in [-0.05, 0) is 31.0 Å². The van der Waals surface area contributed by atoms with Crippen molar-refractivity contribution < 1.29 is 4.79 Å². The largest absolute Gasteiger partial charge is 0.342 e. The van der Waals surface area contributed by atoms with Gasteiger partial charge in [0.15, 0.2) is 0 Å². The summed E-state index contributed by atoms with van der Waals surface area (Å²) in [6, 6.07) is 10.8. The van der Waals surface area contributed by atoms with Gasteiger partial charge in [0, 0.05) is 25.1 Å². The number of nitrogens with one attached hydrogen (secondary N) is 2. The van der Waals surface area contributed by atoms with Gasteiger partial charge < -0.3 is 9.88 Å². The topological polar surface area (TPSA) is 94.7 Å². The van der Waals surface area contributed by atoms with E-state index < -0.39 is 0 Å². The molecule has 1 aliphatic heterocycles. The molecule has 1 saturated heterocycles. The number of benzene rings is 1. The predicted molar refractivity (Wildman–Crippen MR) is 88.8 cm³/mol. The number of hydrogen-bond acceptors (Lipinski definition) is 4. The van der Waals surface area contributed by atoms with Crippen LogP contribution in [0.15, 0.2) is 41.2 Å². The highest BCUT2D eigenvalue weighted by Gasteiger charge is 2.26. The molecule has 0 atom stereocenters. The van der Waals surface area contributed by atoms with Gasteiger partial charge in [0.2, 0.25) is 0 Å². The molecule has 0 radical (unpaired) electrons. The molecule has 7 nitrogen and oxygen atoms in total. The molecular formula is C17H17N5O2. The first-order valence-electron chi connectivity index (χ1n) is 8.00. The third-order valence-corrected chi connectivity index (χ3v) is 4.47. The standard InChI is InChI=1S/C17H17N5O2/c23-15-6-5-14(20-21-15)17(24)22-9-7-11(8-10-22)16-18-12-3-1-2-4-13(12)19-16/h1-6,11H,7-10H2,(H,18,19)(H,21,23). The monoisotopic (exact) mass is 323 g/mol. The third-order valence-electron chi connectivity index (χ3n) is 4.47. The van der Waals surface area contributed by atoms with Gasteiger partial charge in [-0.3, -0.25) is 9.59 Å². The van der Waals surface area contributed by atoms with Gasteiger partial charge in [0.1, 0.15) is 11.5 Å². The summed E-state index contributed by atoms with van der Waals surface area (Å²) in [6.45, 7) is 1.31. The van der Waals surface area contributed by atoms with Gasteiger partial charge in [-0.2, -0.15) is 5.10 Å². The molecule has 0 spiro atoms. The molecule has 7 heteroatoms. The van der Waals surface area contributed by atoms with Crippen LogP contribution in [0.3, 0.4) is 0 Å². The van der Waals surface area contributed by atoms with E-state index in [1.54, 1.807) is 4.90 Å². The molecule has 122 valence electrons. The Morgan fingerprint density at radius 1 is 1.12 bits per heavy atom. The average Bonchev–Trinajstić information content (AvgIpc) is 3.06. The van der Waals surface area contributed by atoms with E-state index in [4.69, 9.17) is 0 Å².